The Morgan fingerprint density at radius 3 is 3.00 bits per heavy atom. The first-order chi connectivity index (χ1) is 6.70. The van der Waals surface area contributed by atoms with E-state index >= 15 is 0 Å². The summed E-state index contributed by atoms with van der Waals surface area (Å²) in [4.78, 5) is 4.38. The third-order valence-electron chi connectivity index (χ3n) is 2.51. The maximum atomic E-state index is 8.89. The number of hydrogen-bond acceptors (Lipinski definition) is 3. The molecule has 0 aromatic carbocycles. The number of aliphatic hydroxyl groups is 1. The lowest BCUT2D eigenvalue weighted by molar-refractivity contribution is 0.275. The molecule has 1 aliphatic rings. The summed E-state index contributed by atoms with van der Waals surface area (Å²) >= 11 is 3.41. The third-order valence-corrected chi connectivity index (χ3v) is 3.35. The molecule has 1 aliphatic carbocycles. The van der Waals surface area contributed by atoms with Gasteiger partial charge in [0.2, 0.25) is 0 Å². The largest absolute Gasteiger partial charge is 0.396 e. The van der Waals surface area contributed by atoms with Crippen molar-refractivity contribution in [3.63, 3.8) is 0 Å². The Morgan fingerprint density at radius 1 is 1.64 bits per heavy atom. The van der Waals surface area contributed by atoms with Gasteiger partial charge in [0, 0.05) is 23.0 Å². The second kappa shape index (κ2) is 3.87. The first-order valence-electron chi connectivity index (χ1n) is 4.71. The Kier molecular flexibility index (Phi) is 2.74. The standard InChI is InChI=1S/C10H13BrN2O/c1-6-8(11)2-3-10(12-6)13-9-4-7(9)5-14/h2-3,7,9,14H,4-5H2,1H3,(H,12,13)/t7-,9+/m0/s1. The molecule has 14 heavy (non-hydrogen) atoms. The molecule has 0 unspecified atom stereocenters. The van der Waals surface area contributed by atoms with Gasteiger partial charge in [0.1, 0.15) is 5.82 Å². The highest BCUT2D eigenvalue weighted by molar-refractivity contribution is 9.10. The molecule has 4 heteroatoms. The lowest BCUT2D eigenvalue weighted by atomic mass is 10.3. The van der Waals surface area contributed by atoms with Crippen molar-refractivity contribution in [1.82, 2.24) is 4.98 Å². The van der Waals surface area contributed by atoms with Gasteiger partial charge in [0.15, 0.2) is 0 Å². The summed E-state index contributed by atoms with van der Waals surface area (Å²) in [5, 5.41) is 12.2. The molecule has 0 amide bonds. The Labute approximate surface area is 91.7 Å². The minimum Gasteiger partial charge on any atom is -0.396 e. The molecule has 3 nitrogen and oxygen atoms in total. The summed E-state index contributed by atoms with van der Waals surface area (Å²) in [6.07, 6.45) is 1.05. The van der Waals surface area contributed by atoms with E-state index in [0.29, 0.717) is 12.0 Å². The molecule has 1 aromatic rings. The average molecular weight is 257 g/mol. The summed E-state index contributed by atoms with van der Waals surface area (Å²) in [6.45, 7) is 2.23. The van der Waals surface area contributed by atoms with Crippen LogP contribution in [0.3, 0.4) is 0 Å². The van der Waals surface area contributed by atoms with Crippen LogP contribution in [0.1, 0.15) is 12.1 Å². The van der Waals surface area contributed by atoms with Gasteiger partial charge in [-0.3, -0.25) is 0 Å². The predicted molar refractivity (Wildman–Crippen MR) is 59.3 cm³/mol. The summed E-state index contributed by atoms with van der Waals surface area (Å²) < 4.78 is 1.03. The predicted octanol–water partition coefficient (Wildman–Crippen LogP) is 1.95. The molecule has 0 radical (unpaired) electrons. The molecule has 0 spiro atoms. The van der Waals surface area contributed by atoms with Gasteiger partial charge in [-0.05, 0) is 41.4 Å². The van der Waals surface area contributed by atoms with Gasteiger partial charge in [0.25, 0.3) is 0 Å². The van der Waals surface area contributed by atoms with E-state index in [2.05, 4.69) is 26.2 Å². The molecule has 2 rings (SSSR count). The van der Waals surface area contributed by atoms with Gasteiger partial charge in [-0.15, -0.1) is 0 Å². The number of aromatic nitrogens is 1. The van der Waals surface area contributed by atoms with Gasteiger partial charge in [0.05, 0.1) is 5.69 Å². The van der Waals surface area contributed by atoms with Crippen molar-refractivity contribution in [2.45, 2.75) is 19.4 Å². The zero-order chi connectivity index (χ0) is 10.1. The molecule has 2 atom stereocenters. The van der Waals surface area contributed by atoms with Crippen LogP contribution in [0.25, 0.3) is 0 Å². The van der Waals surface area contributed by atoms with Crippen LogP contribution >= 0.6 is 15.9 Å². The maximum Gasteiger partial charge on any atom is 0.126 e. The fraction of sp³-hybridized carbons (Fsp3) is 0.500. The van der Waals surface area contributed by atoms with Gasteiger partial charge in [-0.25, -0.2) is 4.98 Å². The van der Waals surface area contributed by atoms with Crippen LogP contribution in [-0.2, 0) is 0 Å². The van der Waals surface area contributed by atoms with E-state index in [1.54, 1.807) is 0 Å². The molecular formula is C10H13BrN2O. The molecule has 1 aromatic heterocycles. The van der Waals surface area contributed by atoms with Gasteiger partial charge in [-0.1, -0.05) is 0 Å². The number of pyridine rings is 1. The number of hydrogen-bond donors (Lipinski definition) is 2. The van der Waals surface area contributed by atoms with E-state index in [0.717, 1.165) is 22.4 Å². The summed E-state index contributed by atoms with van der Waals surface area (Å²) in [5.74, 6) is 1.31. The van der Waals surface area contributed by atoms with Crippen LogP contribution in [0.15, 0.2) is 16.6 Å². The molecule has 0 aliphatic heterocycles. The number of nitrogens with one attached hydrogen (secondary N) is 1. The van der Waals surface area contributed by atoms with Crippen LogP contribution in [0.2, 0.25) is 0 Å². The third kappa shape index (κ3) is 2.07. The summed E-state index contributed by atoms with van der Waals surface area (Å²) in [5.41, 5.74) is 0.983. The number of halogens is 1. The maximum absolute atomic E-state index is 8.89. The Morgan fingerprint density at radius 2 is 2.43 bits per heavy atom. The zero-order valence-corrected chi connectivity index (χ0v) is 9.58. The van der Waals surface area contributed by atoms with Crippen molar-refractivity contribution in [3.8, 4) is 0 Å². The van der Waals surface area contributed by atoms with Crippen molar-refractivity contribution in [3.05, 3.63) is 22.3 Å². The van der Waals surface area contributed by atoms with Gasteiger partial charge in [-0.2, -0.15) is 0 Å². The summed E-state index contributed by atoms with van der Waals surface area (Å²) in [6, 6.07) is 4.35. The minimum atomic E-state index is 0.271. The molecule has 1 fully saturated rings. The number of anilines is 1. The Balaban J connectivity index is 2.00. The quantitative estimate of drug-likeness (QED) is 0.869. The van der Waals surface area contributed by atoms with Crippen molar-refractivity contribution in [2.75, 3.05) is 11.9 Å². The van der Waals surface area contributed by atoms with E-state index < -0.39 is 0 Å². The average Bonchev–Trinajstić information content (AvgIpc) is 2.90. The Bertz CT molecular complexity index is 343. The lowest BCUT2D eigenvalue weighted by Gasteiger charge is -2.05. The molecule has 0 saturated heterocycles. The molecule has 0 bridgehead atoms. The molecule has 2 N–H and O–H groups in total. The molecule has 1 heterocycles. The van der Waals surface area contributed by atoms with E-state index in [9.17, 15) is 0 Å². The normalized spacial score (nSPS) is 24.8. The van der Waals surface area contributed by atoms with Crippen LogP contribution in [0, 0.1) is 12.8 Å². The lowest BCUT2D eigenvalue weighted by Crippen LogP contribution is -2.08. The highest BCUT2D eigenvalue weighted by atomic mass is 79.9. The van der Waals surface area contributed by atoms with Crippen LogP contribution in [-0.4, -0.2) is 22.7 Å². The second-order valence-electron chi connectivity index (χ2n) is 3.69. The number of aliphatic hydroxyl groups excluding tert-OH is 1. The van der Waals surface area contributed by atoms with E-state index in [4.69, 9.17) is 5.11 Å². The second-order valence-corrected chi connectivity index (χ2v) is 4.55. The SMILES string of the molecule is Cc1nc(N[C@@H]2C[C@H]2CO)ccc1Br. The van der Waals surface area contributed by atoms with Crippen LogP contribution < -0.4 is 5.32 Å². The van der Waals surface area contributed by atoms with Crippen molar-refractivity contribution >= 4 is 21.7 Å². The fourth-order valence-corrected chi connectivity index (χ4v) is 1.66. The summed E-state index contributed by atoms with van der Waals surface area (Å²) in [7, 11) is 0. The minimum absolute atomic E-state index is 0.271. The highest BCUT2D eigenvalue weighted by Crippen LogP contribution is 2.32. The van der Waals surface area contributed by atoms with E-state index in [1.165, 1.54) is 0 Å². The topological polar surface area (TPSA) is 45.2 Å². The first-order valence-corrected chi connectivity index (χ1v) is 5.50. The zero-order valence-electron chi connectivity index (χ0n) is 8.00. The fourth-order valence-electron chi connectivity index (χ4n) is 1.44. The van der Waals surface area contributed by atoms with E-state index in [-0.39, 0.29) is 6.61 Å². The van der Waals surface area contributed by atoms with Crippen LogP contribution in [0.5, 0.6) is 0 Å². The van der Waals surface area contributed by atoms with Crippen molar-refractivity contribution in [2.24, 2.45) is 5.92 Å². The smallest absolute Gasteiger partial charge is 0.126 e. The van der Waals surface area contributed by atoms with Crippen molar-refractivity contribution in [1.29, 1.82) is 0 Å². The molecule has 76 valence electrons. The van der Waals surface area contributed by atoms with Crippen molar-refractivity contribution < 1.29 is 5.11 Å². The van der Waals surface area contributed by atoms with E-state index in [1.807, 2.05) is 19.1 Å². The number of nitrogens with zero attached hydrogens (tertiary/aromatic N) is 1. The number of rotatable bonds is 3. The monoisotopic (exact) mass is 256 g/mol. The van der Waals surface area contributed by atoms with Crippen LogP contribution in [0.4, 0.5) is 5.82 Å². The van der Waals surface area contributed by atoms with Gasteiger partial charge >= 0.3 is 0 Å². The van der Waals surface area contributed by atoms with Gasteiger partial charge < -0.3 is 10.4 Å². The molecular weight excluding hydrogens is 244 g/mol. The highest BCUT2D eigenvalue weighted by Gasteiger charge is 2.36. The molecule has 1 saturated carbocycles. The Hall–Kier alpha value is -0.610. The first kappa shape index (κ1) is 9.93. The number of aryl methyl sites for hydroxylation is 1.